The lowest BCUT2D eigenvalue weighted by atomic mass is 9.68. The van der Waals surface area contributed by atoms with Gasteiger partial charge in [-0.3, -0.25) is 19.3 Å². The van der Waals surface area contributed by atoms with Crippen molar-refractivity contribution < 1.29 is 47.7 Å². The molecule has 5 heterocycles. The third-order valence-electron chi connectivity index (χ3n) is 14.2. The Hall–Kier alpha value is -7.49. The molecule has 2 bridgehead atoms. The Morgan fingerprint density at radius 1 is 0.946 bits per heavy atom. The predicted molar refractivity (Wildman–Crippen MR) is 274 cm³/mol. The van der Waals surface area contributed by atoms with Crippen LogP contribution in [-0.2, 0) is 25.7 Å². The lowest BCUT2D eigenvalue weighted by Gasteiger charge is -2.43. The van der Waals surface area contributed by atoms with Crippen molar-refractivity contribution in [3.8, 4) is 22.9 Å². The molecule has 1 saturated carbocycles. The zero-order chi connectivity index (χ0) is 52.7. The van der Waals surface area contributed by atoms with Gasteiger partial charge in [-0.15, -0.1) is 10.2 Å². The fraction of sp³-hybridized carbons (Fsp3) is 0.500. The predicted octanol–water partition coefficient (Wildman–Crippen LogP) is 5.14. The molecule has 0 radical (unpaired) electrons. The number of carbonyl (C=O) groups is 5. The van der Waals surface area contributed by atoms with E-state index in [9.17, 15) is 33.5 Å². The molecule has 8 N–H and O–H groups in total. The number of nitrogen functional groups attached to an aromatic ring is 1. The fourth-order valence-electron chi connectivity index (χ4n) is 10.1. The highest BCUT2D eigenvalue weighted by Crippen LogP contribution is 2.42. The van der Waals surface area contributed by atoms with Crippen LogP contribution in [0.5, 0.6) is 11.6 Å². The monoisotopic (exact) mass is 1020 g/mol. The topological polar surface area (TPSA) is 273 Å². The second kappa shape index (κ2) is 22.7. The lowest BCUT2D eigenvalue weighted by Crippen LogP contribution is -2.55. The van der Waals surface area contributed by atoms with E-state index in [0.717, 1.165) is 30.6 Å². The number of fused-ring (bicyclic) bond motifs is 2. The van der Waals surface area contributed by atoms with Crippen LogP contribution in [0, 0.1) is 11.2 Å². The van der Waals surface area contributed by atoms with Crippen molar-refractivity contribution in [1.29, 1.82) is 0 Å². The number of hydrogen-bond donors (Lipinski definition) is 6. The number of ether oxygens (including phenoxy) is 3. The number of anilines is 4. The maximum atomic E-state index is 14.9. The number of nitrogens with two attached hydrogens (primary N) is 2. The van der Waals surface area contributed by atoms with Crippen LogP contribution >= 0.6 is 0 Å². The molecular formula is C52H67FN12O9. The van der Waals surface area contributed by atoms with Crippen LogP contribution in [0.1, 0.15) is 78.2 Å². The van der Waals surface area contributed by atoms with Crippen molar-refractivity contribution in [2.24, 2.45) is 11.1 Å². The smallest absolute Gasteiger partial charge is 0.410 e. The van der Waals surface area contributed by atoms with Gasteiger partial charge in [0, 0.05) is 93.1 Å². The van der Waals surface area contributed by atoms with Crippen molar-refractivity contribution in [2.45, 2.75) is 109 Å². The van der Waals surface area contributed by atoms with Gasteiger partial charge in [0.2, 0.25) is 17.7 Å². The number of aliphatic carboxylic acids is 1. The van der Waals surface area contributed by atoms with E-state index in [0.29, 0.717) is 80.0 Å². The molecule has 2 aromatic carbocycles. The maximum absolute atomic E-state index is 14.9. The number of urea groups is 1. The molecule has 4 aromatic rings. The minimum Gasteiger partial charge on any atom is -0.488 e. The Bertz CT molecular complexity index is 2670. The van der Waals surface area contributed by atoms with Gasteiger partial charge in [-0.05, 0) is 114 Å². The maximum Gasteiger partial charge on any atom is 0.410 e. The number of carboxylic acids is 1. The summed E-state index contributed by atoms with van der Waals surface area (Å²) in [4.78, 5) is 75.6. The molecule has 22 heteroatoms. The molecule has 1 aliphatic carbocycles. The Balaban J connectivity index is 0.866. The van der Waals surface area contributed by atoms with Crippen molar-refractivity contribution in [3.63, 3.8) is 0 Å². The summed E-state index contributed by atoms with van der Waals surface area (Å²) in [6.07, 6.45) is 4.78. The second-order valence-electron chi connectivity index (χ2n) is 20.5. The molecule has 2 aromatic heterocycles. The molecule has 3 aliphatic heterocycles. The summed E-state index contributed by atoms with van der Waals surface area (Å²) < 4.78 is 33.0. The zero-order valence-corrected chi connectivity index (χ0v) is 42.4. The second-order valence-corrected chi connectivity index (χ2v) is 20.5. The number of piperazine rings is 2. The first-order valence-corrected chi connectivity index (χ1v) is 25.2. The van der Waals surface area contributed by atoms with E-state index < -0.39 is 46.7 Å². The average Bonchev–Trinajstić information content (AvgIpc) is 3.60. The third kappa shape index (κ3) is 12.6. The molecule has 74 heavy (non-hydrogen) atoms. The Labute approximate surface area is 429 Å². The van der Waals surface area contributed by atoms with Gasteiger partial charge in [0.15, 0.2) is 5.82 Å². The number of nitrogens with zero attached hydrogens (tertiary/aromatic N) is 7. The minimum absolute atomic E-state index is 0.0753. The Morgan fingerprint density at radius 3 is 2.35 bits per heavy atom. The van der Waals surface area contributed by atoms with Crippen LogP contribution in [0.15, 0.2) is 66.9 Å². The highest BCUT2D eigenvalue weighted by atomic mass is 19.1. The van der Waals surface area contributed by atoms with Gasteiger partial charge in [0.1, 0.15) is 41.8 Å². The summed E-state index contributed by atoms with van der Waals surface area (Å²) in [5.41, 5.74) is 13.2. The molecule has 4 fully saturated rings. The van der Waals surface area contributed by atoms with Crippen molar-refractivity contribution in [2.75, 3.05) is 73.3 Å². The first-order valence-electron chi connectivity index (χ1n) is 25.2. The van der Waals surface area contributed by atoms with E-state index in [-0.39, 0.29) is 68.9 Å². The van der Waals surface area contributed by atoms with Crippen molar-refractivity contribution >= 4 is 52.8 Å². The summed E-state index contributed by atoms with van der Waals surface area (Å²) in [5.74, 6) is -1.85. The van der Waals surface area contributed by atoms with Crippen LogP contribution < -0.4 is 46.7 Å². The highest BCUT2D eigenvalue weighted by Gasteiger charge is 2.52. The first kappa shape index (κ1) is 52.8. The minimum atomic E-state index is -1.58. The van der Waals surface area contributed by atoms with Crippen molar-refractivity contribution in [3.05, 3.63) is 78.2 Å². The van der Waals surface area contributed by atoms with Gasteiger partial charge in [0.25, 0.3) is 0 Å². The van der Waals surface area contributed by atoms with Crippen LogP contribution in [-0.4, -0.2) is 142 Å². The zero-order valence-electron chi connectivity index (χ0n) is 42.4. The van der Waals surface area contributed by atoms with Crippen LogP contribution in [0.3, 0.4) is 0 Å². The number of halogens is 1. The van der Waals surface area contributed by atoms with Gasteiger partial charge in [-0.25, -0.2) is 19.0 Å². The molecule has 21 nitrogen and oxygen atoms in total. The molecule has 3 saturated heterocycles. The number of benzene rings is 2. The number of nitrogens with one attached hydrogen (secondary N) is 3. The molecule has 4 atom stereocenters. The van der Waals surface area contributed by atoms with E-state index in [1.54, 1.807) is 35.4 Å². The number of aromatic nitrogens is 3. The fourth-order valence-corrected chi connectivity index (χ4v) is 10.1. The summed E-state index contributed by atoms with van der Waals surface area (Å²) >= 11 is 0. The van der Waals surface area contributed by atoms with E-state index >= 15 is 0 Å². The van der Waals surface area contributed by atoms with E-state index in [1.165, 1.54) is 18.2 Å². The van der Waals surface area contributed by atoms with Gasteiger partial charge in [-0.2, -0.15) is 0 Å². The molecular weight excluding hydrogens is 956 g/mol. The van der Waals surface area contributed by atoms with Gasteiger partial charge >= 0.3 is 18.1 Å². The lowest BCUT2D eigenvalue weighted by molar-refractivity contribution is -0.162. The molecule has 0 spiro atoms. The largest absolute Gasteiger partial charge is 0.488 e. The summed E-state index contributed by atoms with van der Waals surface area (Å²) in [7, 11) is 0. The summed E-state index contributed by atoms with van der Waals surface area (Å²) in [6, 6.07) is 15.5. The molecule has 8 rings (SSSR count). The van der Waals surface area contributed by atoms with Crippen LogP contribution in [0.25, 0.3) is 11.3 Å². The molecule has 3 unspecified atom stereocenters. The quantitative estimate of drug-likeness (QED) is 0.0524. The van der Waals surface area contributed by atoms with Gasteiger partial charge in [-0.1, -0.05) is 18.6 Å². The summed E-state index contributed by atoms with van der Waals surface area (Å²) in [5, 5.41) is 26.3. The highest BCUT2D eigenvalue weighted by molar-refractivity contribution is 6.05. The average molecular weight is 1020 g/mol. The number of primary amides is 1. The van der Waals surface area contributed by atoms with Crippen LogP contribution in [0.2, 0.25) is 0 Å². The SMILES string of the molecule is CC1CN(C(=O)OC(C)(C)C)CCN1CCOc1cc(N2C3CCC2CN(c2cc(-c4cc(F)ccc4OCc4ccc(NC(=O)[C@H](CCCNC(N)=O)NC(=O)C5(C(=O)O)CCC5)cc4)nnc2N)C3)ccn1. The molecule has 396 valence electrons. The Morgan fingerprint density at radius 2 is 1.69 bits per heavy atom. The molecule has 4 aliphatic rings. The number of hydrogen-bond acceptors (Lipinski definition) is 15. The van der Waals surface area contributed by atoms with Crippen molar-refractivity contribution in [1.82, 2.24) is 35.6 Å². The number of carbonyl (C=O) groups excluding carboxylic acids is 4. The number of pyridine rings is 1. The van der Waals surface area contributed by atoms with E-state index in [2.05, 4.69) is 52.8 Å². The third-order valence-corrected chi connectivity index (χ3v) is 14.2. The summed E-state index contributed by atoms with van der Waals surface area (Å²) in [6.45, 7) is 12.3. The van der Waals surface area contributed by atoms with Crippen LogP contribution in [0.4, 0.5) is 36.9 Å². The number of rotatable bonds is 19. The Kier molecular flexibility index (Phi) is 16.2. The van der Waals surface area contributed by atoms with Gasteiger partial charge < -0.3 is 61.4 Å². The number of amides is 5. The van der Waals surface area contributed by atoms with E-state index in [4.69, 9.17) is 25.7 Å². The number of carboxylic acid groups (broad SMARTS) is 1. The first-order chi connectivity index (χ1) is 35.4. The van der Waals surface area contributed by atoms with E-state index in [1.807, 2.05) is 39.0 Å². The van der Waals surface area contributed by atoms with Gasteiger partial charge in [0.05, 0.1) is 11.4 Å². The normalized spacial score (nSPS) is 19.7. The standard InChI is InChI=1S/C52H67FN12O9/c1-32-28-63(50(71)74-51(2,3)4)22-21-62(32)23-24-72-44-26-36(16-20-56-44)65-37-13-14-38(65)30-64(29-37)42-27-41(60-61-45(42)54)39-25-34(53)10-15-43(39)73-31-33-8-11-35(12-9-33)58-46(66)40(7-5-19-57-49(55)70)59-47(67)52(48(68)69)17-6-18-52/h8-12,15-16,20,25-27,32,37-38,40H,5-7,13-14,17-19,21-24,28-31H2,1-4H3,(H2,54,61)(H,58,66)(H,59,67)(H,68,69)(H3,55,57,70)/t32?,37?,38?,40-/m0/s1. The molecule has 5 amide bonds.